The van der Waals surface area contributed by atoms with E-state index < -0.39 is 12.0 Å². The molecule has 0 aliphatic rings. The normalized spacial score (nSPS) is 13.6. The number of amides is 1. The molecule has 4 N–H and O–H groups in total. The predicted molar refractivity (Wildman–Crippen MR) is 220 cm³/mol. The second-order valence-electron chi connectivity index (χ2n) is 13.3. The van der Waals surface area contributed by atoms with E-state index in [-0.39, 0.29) is 18.0 Å². The van der Waals surface area contributed by atoms with Gasteiger partial charge in [-0.2, -0.15) is 0 Å². The quantitative estimate of drug-likeness (QED) is 0.0340. The van der Waals surface area contributed by atoms with E-state index in [9.17, 15) is 19.5 Å². The summed E-state index contributed by atoms with van der Waals surface area (Å²) in [6, 6.07) is -0.881. The fraction of sp³-hybridized carbons (Fsp3) is 0.622. The second-order valence-corrected chi connectivity index (χ2v) is 13.3. The fourth-order valence-electron chi connectivity index (χ4n) is 5.43. The van der Waals surface area contributed by atoms with E-state index >= 15 is 0 Å². The van der Waals surface area contributed by atoms with Gasteiger partial charge in [0.15, 0.2) is 0 Å². The van der Waals surface area contributed by atoms with Crippen molar-refractivity contribution in [2.24, 2.45) is 5.73 Å². The largest absolute Gasteiger partial charge is 0.480 e. The molecule has 2 unspecified atom stereocenters. The number of unbranched alkanes of at least 4 members (excludes halogenated alkanes) is 9. The van der Waals surface area contributed by atoms with Crippen molar-refractivity contribution >= 4 is 17.8 Å². The Balaban J connectivity index is 4.33. The third-order valence-corrected chi connectivity index (χ3v) is 8.44. The number of rotatable bonds is 35. The summed E-state index contributed by atoms with van der Waals surface area (Å²) >= 11 is 0. The van der Waals surface area contributed by atoms with Crippen LogP contribution in [0.25, 0.3) is 0 Å². The van der Waals surface area contributed by atoms with Gasteiger partial charge in [0, 0.05) is 12.8 Å². The first-order valence-corrected chi connectivity index (χ1v) is 20.4. The lowest BCUT2D eigenvalue weighted by Crippen LogP contribution is -2.40. The highest BCUT2D eigenvalue weighted by atomic mass is 16.5. The van der Waals surface area contributed by atoms with Gasteiger partial charge in [-0.1, -0.05) is 131 Å². The molecule has 0 saturated carbocycles. The van der Waals surface area contributed by atoms with Crippen molar-refractivity contribution in [2.45, 2.75) is 174 Å². The minimum Gasteiger partial charge on any atom is -0.480 e. The minimum atomic E-state index is -1.02. The number of nitrogens with one attached hydrogen (secondary N) is 1. The van der Waals surface area contributed by atoms with Crippen LogP contribution in [0.3, 0.4) is 0 Å². The molecule has 2 atom stereocenters. The van der Waals surface area contributed by atoms with Crippen LogP contribution in [0, 0.1) is 0 Å². The van der Waals surface area contributed by atoms with Crippen LogP contribution in [0.5, 0.6) is 0 Å². The Bertz CT molecular complexity index is 1090. The Kier molecular flexibility index (Phi) is 36.2. The molecule has 294 valence electrons. The number of carbonyl (C=O) groups excluding carboxylic acids is 2. The molecular formula is C45H74N2O5. The summed E-state index contributed by atoms with van der Waals surface area (Å²) in [4.78, 5) is 36.3. The highest BCUT2D eigenvalue weighted by molar-refractivity contribution is 5.83. The number of carbonyl (C=O) groups is 3. The van der Waals surface area contributed by atoms with Gasteiger partial charge < -0.3 is 20.9 Å². The molecule has 0 rings (SSSR count). The molecule has 0 radical (unpaired) electrons. The average Bonchev–Trinajstić information content (AvgIpc) is 3.13. The maximum absolute atomic E-state index is 12.7. The summed E-state index contributed by atoms with van der Waals surface area (Å²) in [5.41, 5.74) is 5.47. The standard InChI is InChI=1S/C45H74N2O5/c1-3-5-7-9-11-13-14-15-16-17-18-19-20-21-22-23-25-27-33-39-44(49)52-41(35-30-26-24-12-10-8-6-4-2)36-31-28-29-32-38-43(48)47-42(45(50)51)37-34-40-46/h5-8,11-13,15-16,18-19,24,30,35,41-42H,3-4,9-10,14,17,20-23,25-29,31-34,36-40,46H2,1-2H3,(H,47,48)(H,50,51)/b7-5-,8-6-,13-11-,16-15-,19-18-,24-12-,35-30-. The molecule has 0 fully saturated rings. The van der Waals surface area contributed by atoms with Crippen LogP contribution in [0.4, 0.5) is 0 Å². The van der Waals surface area contributed by atoms with Gasteiger partial charge in [-0.05, 0) is 109 Å². The number of nitrogens with two attached hydrogens (primary N) is 1. The number of carboxylic acids is 1. The molecule has 0 bridgehead atoms. The number of hydrogen-bond acceptors (Lipinski definition) is 5. The number of carboxylic acid groups (broad SMARTS) is 1. The molecular weight excluding hydrogens is 649 g/mol. The monoisotopic (exact) mass is 723 g/mol. The van der Waals surface area contributed by atoms with Crippen LogP contribution in [-0.4, -0.2) is 41.6 Å². The van der Waals surface area contributed by atoms with Crippen molar-refractivity contribution in [3.63, 3.8) is 0 Å². The summed E-state index contributed by atoms with van der Waals surface area (Å²) in [5, 5.41) is 11.9. The van der Waals surface area contributed by atoms with Crippen LogP contribution in [0.15, 0.2) is 85.1 Å². The predicted octanol–water partition coefficient (Wildman–Crippen LogP) is 11.3. The van der Waals surface area contributed by atoms with E-state index in [4.69, 9.17) is 10.5 Å². The number of hydrogen-bond donors (Lipinski definition) is 3. The maximum Gasteiger partial charge on any atom is 0.326 e. The van der Waals surface area contributed by atoms with Crippen molar-refractivity contribution in [3.05, 3.63) is 85.1 Å². The number of esters is 1. The molecule has 0 aromatic heterocycles. The summed E-state index contributed by atoms with van der Waals surface area (Å²) in [6.07, 6.45) is 50.7. The molecule has 0 saturated heterocycles. The van der Waals surface area contributed by atoms with Gasteiger partial charge >= 0.3 is 11.9 Å². The van der Waals surface area contributed by atoms with Crippen LogP contribution >= 0.6 is 0 Å². The Morgan fingerprint density at radius 3 is 1.62 bits per heavy atom. The molecule has 7 heteroatoms. The summed E-state index contributed by atoms with van der Waals surface area (Å²) in [7, 11) is 0. The molecule has 1 amide bonds. The zero-order valence-electron chi connectivity index (χ0n) is 32.9. The van der Waals surface area contributed by atoms with Crippen molar-refractivity contribution in [1.29, 1.82) is 0 Å². The molecule has 0 aliphatic heterocycles. The van der Waals surface area contributed by atoms with Gasteiger partial charge in [0.25, 0.3) is 0 Å². The Hall–Kier alpha value is -3.45. The van der Waals surface area contributed by atoms with Gasteiger partial charge in [-0.15, -0.1) is 0 Å². The Morgan fingerprint density at radius 2 is 1.06 bits per heavy atom. The van der Waals surface area contributed by atoms with Crippen molar-refractivity contribution in [2.75, 3.05) is 6.54 Å². The number of ether oxygens (including phenoxy) is 1. The molecule has 0 spiro atoms. The van der Waals surface area contributed by atoms with E-state index in [1.54, 1.807) is 0 Å². The summed E-state index contributed by atoms with van der Waals surface area (Å²) < 4.78 is 5.88. The van der Waals surface area contributed by atoms with Crippen LogP contribution in [0.1, 0.15) is 162 Å². The van der Waals surface area contributed by atoms with E-state index in [1.807, 2.05) is 6.08 Å². The Labute approximate surface area is 317 Å². The van der Waals surface area contributed by atoms with Gasteiger partial charge in [-0.25, -0.2) is 4.79 Å². The van der Waals surface area contributed by atoms with Crippen LogP contribution < -0.4 is 11.1 Å². The second kappa shape index (κ2) is 38.8. The molecule has 0 aromatic rings. The Morgan fingerprint density at radius 1 is 0.577 bits per heavy atom. The average molecular weight is 723 g/mol. The zero-order valence-corrected chi connectivity index (χ0v) is 32.9. The lowest BCUT2D eigenvalue weighted by atomic mass is 10.1. The number of allylic oxidation sites excluding steroid dienone is 13. The topological polar surface area (TPSA) is 119 Å². The lowest BCUT2D eigenvalue weighted by molar-refractivity contribution is -0.147. The smallest absolute Gasteiger partial charge is 0.326 e. The third kappa shape index (κ3) is 35.0. The maximum atomic E-state index is 12.7. The van der Waals surface area contributed by atoms with Gasteiger partial charge in [0.05, 0.1) is 0 Å². The van der Waals surface area contributed by atoms with E-state index in [1.165, 1.54) is 19.3 Å². The number of aliphatic carboxylic acids is 1. The van der Waals surface area contributed by atoms with Crippen molar-refractivity contribution < 1.29 is 24.2 Å². The summed E-state index contributed by atoms with van der Waals surface area (Å²) in [5.74, 6) is -1.39. The first kappa shape index (κ1) is 48.5. The SMILES string of the molecule is CC/C=C\C/C=C\C/C=C\C/C=C\CCCCCCCCC(=O)OC(/C=C\C/C=C\C/C=C\CC)CCCCCCC(=O)NC(CCCN)C(=O)O. The van der Waals surface area contributed by atoms with E-state index in [0.717, 1.165) is 96.3 Å². The first-order chi connectivity index (χ1) is 25.4. The molecule has 0 aliphatic carbocycles. The van der Waals surface area contributed by atoms with Gasteiger partial charge in [0.1, 0.15) is 12.1 Å². The third-order valence-electron chi connectivity index (χ3n) is 8.44. The molecule has 0 heterocycles. The van der Waals surface area contributed by atoms with Crippen LogP contribution in [-0.2, 0) is 19.1 Å². The van der Waals surface area contributed by atoms with Crippen molar-refractivity contribution in [3.8, 4) is 0 Å². The molecule has 0 aromatic carbocycles. The lowest BCUT2D eigenvalue weighted by Gasteiger charge is -2.15. The fourth-order valence-corrected chi connectivity index (χ4v) is 5.43. The highest BCUT2D eigenvalue weighted by Crippen LogP contribution is 2.15. The van der Waals surface area contributed by atoms with Gasteiger partial charge in [-0.3, -0.25) is 9.59 Å². The van der Waals surface area contributed by atoms with E-state index in [2.05, 4.69) is 98.2 Å². The van der Waals surface area contributed by atoms with Crippen molar-refractivity contribution in [1.82, 2.24) is 5.32 Å². The van der Waals surface area contributed by atoms with E-state index in [0.29, 0.717) is 38.6 Å². The van der Waals surface area contributed by atoms with Crippen LogP contribution in [0.2, 0.25) is 0 Å². The minimum absolute atomic E-state index is 0.131. The first-order valence-electron chi connectivity index (χ1n) is 20.4. The molecule has 52 heavy (non-hydrogen) atoms. The van der Waals surface area contributed by atoms with Gasteiger partial charge in [0.2, 0.25) is 5.91 Å². The molecule has 7 nitrogen and oxygen atoms in total. The highest BCUT2D eigenvalue weighted by Gasteiger charge is 2.19. The zero-order chi connectivity index (χ0) is 38.2. The summed E-state index contributed by atoms with van der Waals surface area (Å²) in [6.45, 7) is 4.68.